The summed E-state index contributed by atoms with van der Waals surface area (Å²) in [6.45, 7) is 0. The third-order valence-corrected chi connectivity index (χ3v) is 4.04. The van der Waals surface area contributed by atoms with Crippen LogP contribution in [-0.2, 0) is 6.42 Å². The highest BCUT2D eigenvalue weighted by atomic mass is 79.9. The van der Waals surface area contributed by atoms with Gasteiger partial charge in [-0.25, -0.2) is 4.39 Å². The third-order valence-electron chi connectivity index (χ3n) is 2.83. The van der Waals surface area contributed by atoms with E-state index in [1.165, 1.54) is 0 Å². The maximum Gasteiger partial charge on any atom is 0.142 e. The second-order valence-corrected chi connectivity index (χ2v) is 5.89. The minimum atomic E-state index is -0.478. The Morgan fingerprint density at radius 1 is 1.21 bits per heavy atom. The zero-order valence-electron chi connectivity index (χ0n) is 9.84. The SMILES string of the molecule is NC(Cc1cc(Cl)ccc1Cl)c1cccc(Br)c1F. The van der Waals surface area contributed by atoms with Gasteiger partial charge in [-0.15, -0.1) is 0 Å². The van der Waals surface area contributed by atoms with Crippen molar-refractivity contribution in [1.29, 1.82) is 0 Å². The van der Waals surface area contributed by atoms with Crippen molar-refractivity contribution in [2.45, 2.75) is 12.5 Å². The first-order valence-electron chi connectivity index (χ1n) is 5.62. The summed E-state index contributed by atoms with van der Waals surface area (Å²) in [7, 11) is 0. The van der Waals surface area contributed by atoms with Gasteiger partial charge in [-0.05, 0) is 52.2 Å². The van der Waals surface area contributed by atoms with Crippen molar-refractivity contribution in [2.24, 2.45) is 5.73 Å². The van der Waals surface area contributed by atoms with E-state index in [2.05, 4.69) is 15.9 Å². The van der Waals surface area contributed by atoms with Gasteiger partial charge in [0.1, 0.15) is 5.82 Å². The Hall–Kier alpha value is -0.610. The minimum Gasteiger partial charge on any atom is -0.324 e. The summed E-state index contributed by atoms with van der Waals surface area (Å²) < 4.78 is 14.3. The van der Waals surface area contributed by atoms with Crippen molar-refractivity contribution >= 4 is 39.1 Å². The molecule has 0 heterocycles. The molecule has 0 saturated carbocycles. The number of halogens is 4. The van der Waals surface area contributed by atoms with Crippen LogP contribution in [-0.4, -0.2) is 0 Å². The summed E-state index contributed by atoms with van der Waals surface area (Å²) in [5.74, 6) is -0.340. The van der Waals surface area contributed by atoms with Crippen LogP contribution in [0.15, 0.2) is 40.9 Å². The maximum atomic E-state index is 13.9. The highest BCUT2D eigenvalue weighted by Crippen LogP contribution is 2.28. The molecule has 0 aliphatic carbocycles. The number of rotatable bonds is 3. The van der Waals surface area contributed by atoms with Crippen LogP contribution in [0.25, 0.3) is 0 Å². The van der Waals surface area contributed by atoms with E-state index in [9.17, 15) is 4.39 Å². The largest absolute Gasteiger partial charge is 0.324 e. The van der Waals surface area contributed by atoms with Crippen LogP contribution in [0, 0.1) is 5.82 Å². The van der Waals surface area contributed by atoms with Crippen molar-refractivity contribution in [1.82, 2.24) is 0 Å². The summed E-state index contributed by atoms with van der Waals surface area (Å²) in [6, 6.07) is 9.75. The quantitative estimate of drug-likeness (QED) is 0.803. The molecule has 100 valence electrons. The molecule has 0 aromatic heterocycles. The van der Waals surface area contributed by atoms with Crippen molar-refractivity contribution in [3.05, 3.63) is 67.9 Å². The second-order valence-electron chi connectivity index (χ2n) is 4.19. The van der Waals surface area contributed by atoms with Gasteiger partial charge < -0.3 is 5.73 Å². The van der Waals surface area contributed by atoms with Gasteiger partial charge in [-0.2, -0.15) is 0 Å². The molecule has 2 rings (SSSR count). The predicted octanol–water partition coefficient (Wildman–Crippen LogP) is 5.14. The summed E-state index contributed by atoms with van der Waals surface area (Å²) >= 11 is 15.2. The Morgan fingerprint density at radius 2 is 1.95 bits per heavy atom. The molecular formula is C14H11BrCl2FN. The molecule has 2 aromatic carbocycles. The van der Waals surface area contributed by atoms with E-state index in [0.717, 1.165) is 5.56 Å². The van der Waals surface area contributed by atoms with Gasteiger partial charge in [0.25, 0.3) is 0 Å². The lowest BCUT2D eigenvalue weighted by molar-refractivity contribution is 0.575. The molecule has 1 atom stereocenters. The lowest BCUT2D eigenvalue weighted by Gasteiger charge is -2.15. The van der Waals surface area contributed by atoms with Gasteiger partial charge in [0.05, 0.1) is 4.47 Å². The molecule has 0 fully saturated rings. The van der Waals surface area contributed by atoms with Gasteiger partial charge in [-0.3, -0.25) is 0 Å². The Labute approximate surface area is 129 Å². The molecule has 2 aromatic rings. The lowest BCUT2D eigenvalue weighted by atomic mass is 9.99. The first kappa shape index (κ1) is 14.8. The summed E-state index contributed by atoms with van der Waals surface area (Å²) in [4.78, 5) is 0. The first-order valence-corrected chi connectivity index (χ1v) is 7.17. The molecule has 0 spiro atoms. The molecule has 2 N–H and O–H groups in total. The topological polar surface area (TPSA) is 26.0 Å². The molecule has 1 nitrogen and oxygen atoms in total. The molecule has 0 aliphatic heterocycles. The molecule has 0 radical (unpaired) electrons. The first-order chi connectivity index (χ1) is 8.99. The van der Waals surface area contributed by atoms with Gasteiger partial charge in [0.15, 0.2) is 0 Å². The summed E-state index contributed by atoms with van der Waals surface area (Å²) in [5.41, 5.74) is 7.31. The molecule has 0 amide bonds. The Morgan fingerprint density at radius 3 is 2.68 bits per heavy atom. The predicted molar refractivity (Wildman–Crippen MR) is 81.2 cm³/mol. The molecule has 1 unspecified atom stereocenters. The second kappa shape index (κ2) is 6.23. The normalized spacial score (nSPS) is 12.5. The van der Waals surface area contributed by atoms with Gasteiger partial charge in [-0.1, -0.05) is 35.3 Å². The number of hydrogen-bond acceptors (Lipinski definition) is 1. The fourth-order valence-corrected chi connectivity index (χ4v) is 2.62. The Kier molecular flexibility index (Phi) is 4.85. The number of nitrogens with two attached hydrogens (primary N) is 1. The van der Waals surface area contributed by atoms with Crippen LogP contribution < -0.4 is 5.73 Å². The van der Waals surface area contributed by atoms with Gasteiger partial charge in [0, 0.05) is 21.7 Å². The molecular weight excluding hydrogens is 352 g/mol. The van der Waals surface area contributed by atoms with E-state index < -0.39 is 6.04 Å². The summed E-state index contributed by atoms with van der Waals surface area (Å²) in [6.07, 6.45) is 0.423. The van der Waals surface area contributed by atoms with Crippen LogP contribution in [0.1, 0.15) is 17.2 Å². The van der Waals surface area contributed by atoms with Crippen LogP contribution in [0.5, 0.6) is 0 Å². The van der Waals surface area contributed by atoms with Gasteiger partial charge in [0.2, 0.25) is 0 Å². The highest BCUT2D eigenvalue weighted by molar-refractivity contribution is 9.10. The molecule has 0 bridgehead atoms. The Bertz CT molecular complexity index is 604. The van der Waals surface area contributed by atoms with E-state index in [4.69, 9.17) is 28.9 Å². The monoisotopic (exact) mass is 361 g/mol. The molecule has 19 heavy (non-hydrogen) atoms. The van der Waals surface area contributed by atoms with Crippen molar-refractivity contribution in [3.63, 3.8) is 0 Å². The number of hydrogen-bond donors (Lipinski definition) is 1. The average molecular weight is 363 g/mol. The van der Waals surface area contributed by atoms with E-state index in [0.29, 0.717) is 26.5 Å². The van der Waals surface area contributed by atoms with Crippen LogP contribution in [0.4, 0.5) is 4.39 Å². The number of benzene rings is 2. The van der Waals surface area contributed by atoms with E-state index >= 15 is 0 Å². The van der Waals surface area contributed by atoms with Crippen LogP contribution >= 0.6 is 39.1 Å². The Balaban J connectivity index is 2.28. The van der Waals surface area contributed by atoms with E-state index in [1.54, 1.807) is 36.4 Å². The van der Waals surface area contributed by atoms with Crippen molar-refractivity contribution in [2.75, 3.05) is 0 Å². The third kappa shape index (κ3) is 3.48. The fourth-order valence-electron chi connectivity index (χ4n) is 1.85. The average Bonchev–Trinajstić information content (AvgIpc) is 2.37. The lowest BCUT2D eigenvalue weighted by Crippen LogP contribution is -2.15. The van der Waals surface area contributed by atoms with Crippen LogP contribution in [0.3, 0.4) is 0 Å². The van der Waals surface area contributed by atoms with E-state index in [-0.39, 0.29) is 5.82 Å². The standard InChI is InChI=1S/C14H11BrCl2FN/c15-11-3-1-2-10(14(11)18)13(19)7-8-6-9(16)4-5-12(8)17/h1-6,13H,7,19H2. The summed E-state index contributed by atoms with van der Waals surface area (Å²) in [5, 5.41) is 1.16. The molecule has 0 saturated heterocycles. The van der Waals surface area contributed by atoms with E-state index in [1.807, 2.05) is 0 Å². The van der Waals surface area contributed by atoms with Crippen molar-refractivity contribution in [3.8, 4) is 0 Å². The zero-order valence-corrected chi connectivity index (χ0v) is 12.9. The molecule has 5 heteroatoms. The van der Waals surface area contributed by atoms with Gasteiger partial charge >= 0.3 is 0 Å². The smallest absolute Gasteiger partial charge is 0.142 e. The minimum absolute atomic E-state index is 0.340. The zero-order chi connectivity index (χ0) is 14.0. The highest BCUT2D eigenvalue weighted by Gasteiger charge is 2.15. The van der Waals surface area contributed by atoms with Crippen LogP contribution in [0.2, 0.25) is 10.0 Å². The van der Waals surface area contributed by atoms with Crippen molar-refractivity contribution < 1.29 is 4.39 Å². The fraction of sp³-hybridized carbons (Fsp3) is 0.143. The molecule has 0 aliphatic rings. The maximum absolute atomic E-state index is 13.9.